The minimum atomic E-state index is -3.50. The zero-order chi connectivity index (χ0) is 29.0. The first-order valence-corrected chi connectivity index (χ1v) is 12.9. The predicted molar refractivity (Wildman–Crippen MR) is 136 cm³/mol. The highest BCUT2D eigenvalue weighted by Crippen LogP contribution is 2.41. The van der Waals surface area contributed by atoms with Crippen LogP contribution < -0.4 is 16.3 Å². The molecule has 2 aromatic rings. The Morgan fingerprint density at radius 2 is 2.03 bits per heavy atom. The molecule has 0 spiro atoms. The van der Waals surface area contributed by atoms with Crippen molar-refractivity contribution in [2.75, 3.05) is 12.3 Å². The first-order valence-electron chi connectivity index (χ1n) is 11.6. The monoisotopic (exact) mass is 567 g/mol. The number of rotatable bonds is 10. The summed E-state index contributed by atoms with van der Waals surface area (Å²) in [7, 11) is -3.50. The molecule has 4 N–H and O–H groups in total. The molecular formula is C22H30N7O9P. The minimum Gasteiger partial charge on any atom is -0.459 e. The summed E-state index contributed by atoms with van der Waals surface area (Å²) in [5.74, 6) is -0.638. The number of aromatic nitrogens is 2. The van der Waals surface area contributed by atoms with E-state index in [1.165, 1.54) is 19.2 Å². The molecule has 2 unspecified atom stereocenters. The van der Waals surface area contributed by atoms with Crippen molar-refractivity contribution in [3.8, 4) is 5.75 Å². The lowest BCUT2D eigenvalue weighted by molar-refractivity contribution is -0.166. The highest BCUT2D eigenvalue weighted by atomic mass is 31.1. The third kappa shape index (κ3) is 7.13. The van der Waals surface area contributed by atoms with Crippen LogP contribution in [0.1, 0.15) is 33.9 Å². The molecule has 1 fully saturated rings. The van der Waals surface area contributed by atoms with Crippen LogP contribution in [0.4, 0.5) is 5.82 Å². The summed E-state index contributed by atoms with van der Waals surface area (Å²) in [6.07, 6.45) is -4.11. The van der Waals surface area contributed by atoms with E-state index in [0.717, 1.165) is 9.40 Å². The number of anilines is 1. The predicted octanol–water partition coefficient (Wildman–Crippen LogP) is 1.52. The van der Waals surface area contributed by atoms with Gasteiger partial charge in [-0.25, -0.2) is 4.79 Å². The number of nitrogen functional groups attached to an aromatic ring is 1. The van der Waals surface area contributed by atoms with E-state index in [0.29, 0.717) is 0 Å². The second-order valence-corrected chi connectivity index (χ2v) is 10.8. The molecule has 0 saturated carbocycles. The topological polar surface area (TPSA) is 224 Å². The molecule has 1 aliphatic rings. The van der Waals surface area contributed by atoms with E-state index < -0.39 is 62.2 Å². The molecule has 16 nitrogen and oxygen atoms in total. The Labute approximate surface area is 223 Å². The number of nitrogens with two attached hydrogens (primary N) is 1. The van der Waals surface area contributed by atoms with Gasteiger partial charge in [0.25, 0.3) is 8.18 Å². The van der Waals surface area contributed by atoms with Crippen LogP contribution in [-0.4, -0.2) is 66.7 Å². The number of hydrogen-bond acceptors (Lipinski definition) is 12. The summed E-state index contributed by atoms with van der Waals surface area (Å²) >= 11 is 0. The van der Waals surface area contributed by atoms with Crippen molar-refractivity contribution in [1.82, 2.24) is 14.4 Å². The number of carbonyl (C=O) groups excluding carboxylic acids is 1. The molecule has 3 rings (SSSR count). The molecule has 1 aromatic heterocycles. The second-order valence-electron chi connectivity index (χ2n) is 9.51. The molecule has 0 amide bonds. The average Bonchev–Trinajstić information content (AvgIpc) is 3.10. The summed E-state index contributed by atoms with van der Waals surface area (Å²) in [4.78, 5) is 37.6. The van der Waals surface area contributed by atoms with Crippen LogP contribution in [0.3, 0.4) is 0 Å². The van der Waals surface area contributed by atoms with Gasteiger partial charge in [0.2, 0.25) is 5.72 Å². The second kappa shape index (κ2) is 12.1. The molecule has 1 saturated heterocycles. The lowest BCUT2D eigenvalue weighted by Gasteiger charge is -2.31. The number of aliphatic hydroxyl groups excluding tert-OH is 2. The number of nitrogens with zero attached hydrogens (tertiary/aromatic N) is 6. The van der Waals surface area contributed by atoms with Gasteiger partial charge in [-0.2, -0.15) is 4.98 Å². The SMILES string of the molecule is CC(C(=O)OC(C)(C)C)N(Oc1ccccc1)[PH](=O)OC[C@@]1(N=[N+]=[N-])O[C@@H](n2ccc(N)nc2=O)[C@H](O)[C@@H]1O. The Hall–Kier alpha value is -3.49. The van der Waals surface area contributed by atoms with Crippen molar-refractivity contribution in [2.24, 2.45) is 5.11 Å². The number of hydroxylamine groups is 1. The fourth-order valence-corrected chi connectivity index (χ4v) is 4.56. The Morgan fingerprint density at radius 1 is 1.36 bits per heavy atom. The van der Waals surface area contributed by atoms with Crippen molar-refractivity contribution in [3.05, 3.63) is 63.5 Å². The fraction of sp³-hybridized carbons (Fsp3) is 0.500. The van der Waals surface area contributed by atoms with Crippen LogP contribution in [-0.2, 0) is 23.4 Å². The zero-order valence-electron chi connectivity index (χ0n) is 21.6. The van der Waals surface area contributed by atoms with E-state index in [1.807, 2.05) is 0 Å². The molecule has 1 aliphatic heterocycles. The van der Waals surface area contributed by atoms with Gasteiger partial charge < -0.3 is 34.8 Å². The molecule has 39 heavy (non-hydrogen) atoms. The fourth-order valence-electron chi connectivity index (χ4n) is 3.50. The summed E-state index contributed by atoms with van der Waals surface area (Å²) in [5, 5.41) is 24.8. The highest BCUT2D eigenvalue weighted by Gasteiger charge is 2.56. The Bertz CT molecular complexity index is 1300. The summed E-state index contributed by atoms with van der Waals surface area (Å²) in [5.41, 5.74) is 10.5. The van der Waals surface area contributed by atoms with Crippen LogP contribution in [0.5, 0.6) is 5.75 Å². The van der Waals surface area contributed by atoms with E-state index in [-0.39, 0.29) is 11.6 Å². The normalized spacial score (nSPS) is 24.5. The number of esters is 1. The van der Waals surface area contributed by atoms with Crippen molar-refractivity contribution < 1.29 is 38.4 Å². The van der Waals surface area contributed by atoms with Crippen LogP contribution in [0.2, 0.25) is 0 Å². The minimum absolute atomic E-state index is 0.0925. The lowest BCUT2D eigenvalue weighted by Crippen LogP contribution is -2.45. The van der Waals surface area contributed by atoms with E-state index in [2.05, 4.69) is 15.0 Å². The smallest absolute Gasteiger partial charge is 0.351 e. The number of carbonyl (C=O) groups is 1. The molecular weight excluding hydrogens is 537 g/mol. The molecule has 6 atom stereocenters. The van der Waals surface area contributed by atoms with Crippen LogP contribution in [0, 0.1) is 0 Å². The molecule has 212 valence electrons. The molecule has 0 bridgehead atoms. The van der Waals surface area contributed by atoms with Crippen LogP contribution in [0.15, 0.2) is 52.5 Å². The maximum absolute atomic E-state index is 13.3. The van der Waals surface area contributed by atoms with Crippen molar-refractivity contribution in [2.45, 2.75) is 63.5 Å². The van der Waals surface area contributed by atoms with Gasteiger partial charge in [0.1, 0.15) is 35.4 Å². The van der Waals surface area contributed by atoms with Gasteiger partial charge in [-0.05, 0) is 51.4 Å². The Morgan fingerprint density at radius 3 is 2.62 bits per heavy atom. The highest BCUT2D eigenvalue weighted by molar-refractivity contribution is 7.36. The van der Waals surface area contributed by atoms with Gasteiger partial charge in [0.15, 0.2) is 6.23 Å². The molecule has 1 aromatic carbocycles. The van der Waals surface area contributed by atoms with Gasteiger partial charge in [0.05, 0.1) is 6.61 Å². The van der Waals surface area contributed by atoms with E-state index in [9.17, 15) is 24.4 Å². The number of benzene rings is 1. The van der Waals surface area contributed by atoms with Gasteiger partial charge in [0, 0.05) is 11.1 Å². The maximum atomic E-state index is 13.3. The average molecular weight is 567 g/mol. The number of azide groups is 1. The van der Waals surface area contributed by atoms with E-state index in [1.54, 1.807) is 51.1 Å². The Kier molecular flexibility index (Phi) is 9.35. The third-order valence-corrected chi connectivity index (χ3v) is 6.60. The van der Waals surface area contributed by atoms with Crippen molar-refractivity contribution in [1.29, 1.82) is 0 Å². The molecule has 17 heteroatoms. The number of para-hydroxylation sites is 1. The summed E-state index contributed by atoms with van der Waals surface area (Å²) in [6.45, 7) is 5.49. The first kappa shape index (κ1) is 30.1. The number of hydrogen-bond donors (Lipinski definition) is 3. The van der Waals surface area contributed by atoms with Crippen molar-refractivity contribution >= 4 is 20.0 Å². The van der Waals surface area contributed by atoms with Crippen LogP contribution >= 0.6 is 8.18 Å². The zero-order valence-corrected chi connectivity index (χ0v) is 22.6. The van der Waals surface area contributed by atoms with E-state index in [4.69, 9.17) is 30.1 Å². The van der Waals surface area contributed by atoms with Gasteiger partial charge in [-0.3, -0.25) is 13.9 Å². The molecule has 0 aliphatic carbocycles. The Balaban J connectivity index is 1.86. The standard InChI is InChI=1S/C22H30N7O9P/c1-13(19(32)37-21(2,3)4)29(38-14-8-6-5-7-9-14)39(34)35-12-22(26-27-24)17(31)16(30)18(36-22)28-11-10-15(23)25-20(28)33/h5-11,13,16-18,30-31,39H,12H2,1-4H3,(H2,23,25,33)/t13?,16-,17+,18-,22-/m1/s1. The quantitative estimate of drug-likeness (QED) is 0.0927. The molecule has 0 radical (unpaired) electrons. The van der Waals surface area contributed by atoms with Crippen molar-refractivity contribution in [3.63, 3.8) is 0 Å². The summed E-state index contributed by atoms with van der Waals surface area (Å²) in [6, 6.07) is 8.14. The molecule has 2 heterocycles. The number of aliphatic hydroxyl groups is 2. The van der Waals surface area contributed by atoms with Gasteiger partial charge >= 0.3 is 11.7 Å². The first-order chi connectivity index (χ1) is 18.3. The largest absolute Gasteiger partial charge is 0.459 e. The van der Waals surface area contributed by atoms with Crippen LogP contribution in [0.25, 0.3) is 10.4 Å². The number of ether oxygens (including phenoxy) is 2. The van der Waals surface area contributed by atoms with Gasteiger partial charge in [-0.15, -0.1) is 0 Å². The lowest BCUT2D eigenvalue weighted by atomic mass is 10.1. The van der Waals surface area contributed by atoms with E-state index >= 15 is 0 Å². The van der Waals surface area contributed by atoms with Gasteiger partial charge in [-0.1, -0.05) is 28.1 Å². The maximum Gasteiger partial charge on any atom is 0.351 e. The summed E-state index contributed by atoms with van der Waals surface area (Å²) < 4.78 is 30.6. The third-order valence-electron chi connectivity index (χ3n) is 5.37.